The van der Waals surface area contributed by atoms with Crippen molar-refractivity contribution in [3.8, 4) is 5.75 Å². The van der Waals surface area contributed by atoms with E-state index in [1.807, 2.05) is 0 Å². The number of piperidine rings is 1. The van der Waals surface area contributed by atoms with Crippen molar-refractivity contribution in [1.82, 2.24) is 20.5 Å². The summed E-state index contributed by atoms with van der Waals surface area (Å²) in [5.41, 5.74) is -0.125. The molecule has 1 aromatic heterocycles. The lowest BCUT2D eigenvalue weighted by Gasteiger charge is -2.41. The molecule has 0 aliphatic carbocycles. The zero-order chi connectivity index (χ0) is 23.0. The summed E-state index contributed by atoms with van der Waals surface area (Å²) >= 11 is 0. The topological polar surface area (TPSA) is 110 Å². The highest BCUT2D eigenvalue weighted by atomic mass is 16.5. The Morgan fingerprint density at radius 3 is 2.66 bits per heavy atom. The number of amides is 3. The number of hydrogen-bond donors (Lipinski definition) is 2. The Kier molecular flexibility index (Phi) is 8.44. The molecule has 176 valence electrons. The summed E-state index contributed by atoms with van der Waals surface area (Å²) in [6.07, 6.45) is 7.40. The van der Waals surface area contributed by atoms with Crippen molar-refractivity contribution in [2.75, 3.05) is 40.0 Å². The van der Waals surface area contributed by atoms with Crippen LogP contribution in [0.2, 0.25) is 0 Å². The number of nitrogens with zero attached hydrogens (tertiary/aromatic N) is 2. The van der Waals surface area contributed by atoms with Gasteiger partial charge in [-0.3, -0.25) is 19.4 Å². The molecule has 0 saturated carbocycles. The van der Waals surface area contributed by atoms with Gasteiger partial charge in [0.25, 0.3) is 5.91 Å². The van der Waals surface area contributed by atoms with Crippen molar-refractivity contribution in [2.45, 2.75) is 51.5 Å². The summed E-state index contributed by atoms with van der Waals surface area (Å²) in [5.74, 6) is 0.120. The quantitative estimate of drug-likeness (QED) is 0.713. The Bertz CT molecular complexity index is 807. The monoisotopic (exact) mass is 446 g/mol. The molecule has 0 aromatic carbocycles. The number of rotatable bonds is 2. The molecule has 2 N–H and O–H groups in total. The molecule has 3 rings (SSSR count). The molecule has 1 spiro atoms. The van der Waals surface area contributed by atoms with Crippen LogP contribution >= 0.6 is 0 Å². The number of hydrogen-bond acceptors (Lipinski definition) is 6. The van der Waals surface area contributed by atoms with E-state index in [1.54, 1.807) is 24.1 Å². The van der Waals surface area contributed by atoms with Crippen LogP contribution in [0.1, 0.15) is 55.8 Å². The van der Waals surface area contributed by atoms with Gasteiger partial charge < -0.3 is 25.0 Å². The summed E-state index contributed by atoms with van der Waals surface area (Å²) in [7, 11) is 1.54. The molecule has 0 radical (unpaired) electrons. The summed E-state index contributed by atoms with van der Waals surface area (Å²) in [6, 6.07) is 1.07. The van der Waals surface area contributed by atoms with Crippen LogP contribution in [0.4, 0.5) is 0 Å². The number of aromatic nitrogens is 1. The van der Waals surface area contributed by atoms with Crippen LogP contribution in [-0.4, -0.2) is 73.6 Å². The highest BCUT2D eigenvalue weighted by Gasteiger charge is 2.42. The predicted octanol–water partition coefficient (Wildman–Crippen LogP) is 1.52. The smallest absolute Gasteiger partial charge is 0.255 e. The summed E-state index contributed by atoms with van der Waals surface area (Å²) in [5, 5.41) is 5.77. The minimum atomic E-state index is -0.606. The minimum Gasteiger partial charge on any atom is -0.495 e. The highest BCUT2D eigenvalue weighted by Crippen LogP contribution is 2.37. The minimum absolute atomic E-state index is 0.103. The van der Waals surface area contributed by atoms with E-state index in [0.29, 0.717) is 63.4 Å². The first-order chi connectivity index (χ1) is 15.4. The van der Waals surface area contributed by atoms with Crippen LogP contribution in [0.3, 0.4) is 0 Å². The number of likely N-dealkylation sites (tertiary alicyclic amines) is 1. The van der Waals surface area contributed by atoms with Gasteiger partial charge in [-0.2, -0.15) is 0 Å². The predicted molar refractivity (Wildman–Crippen MR) is 118 cm³/mol. The number of ether oxygens (including phenoxy) is 2. The fourth-order valence-corrected chi connectivity index (χ4v) is 4.28. The second-order valence-corrected chi connectivity index (χ2v) is 8.60. The third kappa shape index (κ3) is 5.97. The molecule has 0 unspecified atom stereocenters. The summed E-state index contributed by atoms with van der Waals surface area (Å²) < 4.78 is 10.8. The Labute approximate surface area is 189 Å². The molecule has 2 fully saturated rings. The summed E-state index contributed by atoms with van der Waals surface area (Å²) in [4.78, 5) is 44.4. The maximum atomic E-state index is 13.3. The van der Waals surface area contributed by atoms with E-state index in [9.17, 15) is 14.4 Å². The zero-order valence-electron chi connectivity index (χ0n) is 19.0. The molecular weight excluding hydrogens is 412 g/mol. The van der Waals surface area contributed by atoms with E-state index >= 15 is 0 Å². The Morgan fingerprint density at radius 1 is 1.16 bits per heavy atom. The van der Waals surface area contributed by atoms with Gasteiger partial charge in [-0.05, 0) is 45.1 Å². The van der Waals surface area contributed by atoms with Gasteiger partial charge in [0.05, 0.1) is 24.3 Å². The third-order valence-corrected chi connectivity index (χ3v) is 6.38. The maximum absolute atomic E-state index is 13.3. The molecule has 1 atom stereocenters. The summed E-state index contributed by atoms with van der Waals surface area (Å²) in [6.45, 7) is 4.44. The first kappa shape index (κ1) is 24.0. The molecule has 1 aromatic rings. The van der Waals surface area contributed by atoms with Crippen molar-refractivity contribution < 1.29 is 23.9 Å². The van der Waals surface area contributed by atoms with E-state index in [2.05, 4.69) is 15.6 Å². The van der Waals surface area contributed by atoms with Gasteiger partial charge in [-0.1, -0.05) is 6.42 Å². The largest absolute Gasteiger partial charge is 0.495 e. The number of pyridine rings is 1. The van der Waals surface area contributed by atoms with Gasteiger partial charge >= 0.3 is 0 Å². The van der Waals surface area contributed by atoms with Gasteiger partial charge in [0, 0.05) is 39.0 Å². The first-order valence-corrected chi connectivity index (χ1v) is 11.4. The van der Waals surface area contributed by atoms with Crippen LogP contribution in [0.5, 0.6) is 5.75 Å². The number of carbonyl (C=O) groups is 3. The highest BCUT2D eigenvalue weighted by molar-refractivity contribution is 5.95. The van der Waals surface area contributed by atoms with E-state index in [0.717, 1.165) is 19.3 Å². The SMILES string of the molecule is COc1cncc(C(=O)N2CCC3(CCCCOCCCNC(=O)[C@H](C)NC3=O)CC2)c1. The lowest BCUT2D eigenvalue weighted by atomic mass is 9.73. The van der Waals surface area contributed by atoms with E-state index in [4.69, 9.17) is 9.47 Å². The van der Waals surface area contributed by atoms with Crippen LogP contribution < -0.4 is 15.4 Å². The molecule has 2 aliphatic rings. The van der Waals surface area contributed by atoms with Crippen molar-refractivity contribution in [3.63, 3.8) is 0 Å². The number of carbonyl (C=O) groups excluding carboxylic acids is 3. The average molecular weight is 447 g/mol. The van der Waals surface area contributed by atoms with Gasteiger partial charge in [0.2, 0.25) is 11.8 Å². The Hall–Kier alpha value is -2.68. The molecule has 32 heavy (non-hydrogen) atoms. The number of nitrogens with one attached hydrogen (secondary N) is 2. The Balaban J connectivity index is 1.68. The van der Waals surface area contributed by atoms with Crippen molar-refractivity contribution in [2.24, 2.45) is 5.41 Å². The number of methoxy groups -OCH3 is 1. The van der Waals surface area contributed by atoms with Crippen LogP contribution in [-0.2, 0) is 14.3 Å². The van der Waals surface area contributed by atoms with Gasteiger partial charge in [-0.25, -0.2) is 0 Å². The molecular formula is C23H34N4O5. The van der Waals surface area contributed by atoms with Gasteiger partial charge in [0.15, 0.2) is 0 Å². The van der Waals surface area contributed by atoms with E-state index in [1.165, 1.54) is 13.3 Å². The van der Waals surface area contributed by atoms with E-state index in [-0.39, 0.29) is 17.7 Å². The second kappa shape index (κ2) is 11.3. The van der Waals surface area contributed by atoms with Crippen LogP contribution in [0, 0.1) is 5.41 Å². The van der Waals surface area contributed by atoms with Crippen LogP contribution in [0.15, 0.2) is 18.5 Å². The van der Waals surface area contributed by atoms with Crippen molar-refractivity contribution >= 4 is 17.7 Å². The normalized spacial score (nSPS) is 23.1. The fourth-order valence-electron chi connectivity index (χ4n) is 4.28. The van der Waals surface area contributed by atoms with E-state index < -0.39 is 11.5 Å². The van der Waals surface area contributed by atoms with Crippen molar-refractivity contribution in [3.05, 3.63) is 24.0 Å². The molecule has 9 nitrogen and oxygen atoms in total. The molecule has 3 heterocycles. The Morgan fingerprint density at radius 2 is 1.91 bits per heavy atom. The fraction of sp³-hybridized carbons (Fsp3) is 0.652. The standard InChI is InChI=1S/C23H34N4O5/c1-17-20(28)25-9-5-13-32-12-4-3-6-23(22(30)26-17)7-10-27(11-8-23)21(29)18-14-19(31-2)16-24-15-18/h14-17H,3-13H2,1-2H3,(H,25,28)(H,26,30)/t17-/m0/s1. The second-order valence-electron chi connectivity index (χ2n) is 8.60. The molecule has 2 saturated heterocycles. The molecule has 3 amide bonds. The lowest BCUT2D eigenvalue weighted by Crippen LogP contribution is -2.54. The molecule has 2 aliphatic heterocycles. The van der Waals surface area contributed by atoms with Crippen LogP contribution in [0.25, 0.3) is 0 Å². The third-order valence-electron chi connectivity index (χ3n) is 6.38. The molecule has 0 bridgehead atoms. The lowest BCUT2D eigenvalue weighted by molar-refractivity contribution is -0.137. The van der Waals surface area contributed by atoms with Crippen molar-refractivity contribution in [1.29, 1.82) is 0 Å². The first-order valence-electron chi connectivity index (χ1n) is 11.4. The zero-order valence-corrected chi connectivity index (χ0v) is 19.0. The average Bonchev–Trinajstić information content (AvgIpc) is 2.82. The van der Waals surface area contributed by atoms with Gasteiger partial charge in [0.1, 0.15) is 11.8 Å². The maximum Gasteiger partial charge on any atom is 0.255 e. The van der Waals surface area contributed by atoms with Gasteiger partial charge in [-0.15, -0.1) is 0 Å². The molecule has 9 heteroatoms.